The van der Waals surface area contributed by atoms with Crippen molar-refractivity contribution in [2.24, 2.45) is 11.3 Å². The second-order valence-corrected chi connectivity index (χ2v) is 6.44. The maximum atomic E-state index is 3.35. The molecule has 1 N–H and O–H groups in total. The van der Waals surface area contributed by atoms with Crippen LogP contribution in [0.25, 0.3) is 0 Å². The number of nitrogens with one attached hydrogen (secondary N) is 1. The van der Waals surface area contributed by atoms with Crippen LogP contribution in [-0.2, 0) is 6.42 Å². The summed E-state index contributed by atoms with van der Waals surface area (Å²) in [6.45, 7) is 10.6. The molecule has 1 aliphatic rings. The second-order valence-electron chi connectivity index (χ2n) is 6.44. The summed E-state index contributed by atoms with van der Waals surface area (Å²) in [5, 5.41) is 3.35. The lowest BCUT2D eigenvalue weighted by molar-refractivity contribution is 0.174. The Morgan fingerprint density at radius 3 is 2.68 bits per heavy atom. The smallest absolute Gasteiger partial charge is 0.0398 e. The molecule has 2 nitrogen and oxygen atoms in total. The summed E-state index contributed by atoms with van der Waals surface area (Å²) in [4.78, 5) is 2.59. The average Bonchev–Trinajstić information content (AvgIpc) is 2.41. The third-order valence-electron chi connectivity index (χ3n) is 4.61. The third-order valence-corrected chi connectivity index (χ3v) is 4.61. The van der Waals surface area contributed by atoms with Crippen LogP contribution in [0.3, 0.4) is 0 Å². The molecule has 1 saturated heterocycles. The first-order valence-electron chi connectivity index (χ1n) is 7.56. The molecule has 0 aliphatic carbocycles. The van der Waals surface area contributed by atoms with Crippen molar-refractivity contribution in [2.75, 3.05) is 31.6 Å². The second kappa shape index (κ2) is 5.96. The number of piperidine rings is 1. The van der Waals surface area contributed by atoms with Crippen molar-refractivity contribution in [1.29, 1.82) is 0 Å². The summed E-state index contributed by atoms with van der Waals surface area (Å²) >= 11 is 0. The molecule has 1 aromatic rings. The van der Waals surface area contributed by atoms with Gasteiger partial charge in [-0.05, 0) is 49.4 Å². The Balaban J connectivity index is 2.16. The molecule has 19 heavy (non-hydrogen) atoms. The number of benzene rings is 1. The van der Waals surface area contributed by atoms with Crippen LogP contribution in [-0.4, -0.2) is 26.7 Å². The van der Waals surface area contributed by atoms with E-state index in [4.69, 9.17) is 0 Å². The van der Waals surface area contributed by atoms with E-state index in [1.807, 2.05) is 0 Å². The molecule has 0 saturated carbocycles. The molecule has 1 aromatic carbocycles. The molecule has 2 heteroatoms. The minimum atomic E-state index is 0.377. The van der Waals surface area contributed by atoms with Crippen molar-refractivity contribution in [1.82, 2.24) is 5.32 Å². The largest absolute Gasteiger partial charge is 0.371 e. The first-order valence-corrected chi connectivity index (χ1v) is 7.56. The lowest BCUT2D eigenvalue weighted by Crippen LogP contribution is -2.48. The van der Waals surface area contributed by atoms with Gasteiger partial charge >= 0.3 is 0 Å². The molecule has 0 aromatic heterocycles. The van der Waals surface area contributed by atoms with E-state index in [1.165, 1.54) is 24.2 Å². The Kier molecular flexibility index (Phi) is 4.51. The van der Waals surface area contributed by atoms with Crippen LogP contribution in [0.2, 0.25) is 0 Å². The number of aryl methyl sites for hydroxylation is 1. The summed E-state index contributed by atoms with van der Waals surface area (Å²) < 4.78 is 0. The number of para-hydroxylation sites is 1. The highest BCUT2D eigenvalue weighted by Gasteiger charge is 2.35. The Morgan fingerprint density at radius 2 is 2.05 bits per heavy atom. The third kappa shape index (κ3) is 3.11. The van der Waals surface area contributed by atoms with Gasteiger partial charge in [-0.3, -0.25) is 0 Å². The molecule has 0 bridgehead atoms. The normalized spacial score (nSPS) is 22.5. The van der Waals surface area contributed by atoms with Gasteiger partial charge < -0.3 is 10.2 Å². The molecule has 106 valence electrons. The van der Waals surface area contributed by atoms with Crippen LogP contribution >= 0.6 is 0 Å². The van der Waals surface area contributed by atoms with Crippen molar-refractivity contribution >= 4 is 5.69 Å². The minimum absolute atomic E-state index is 0.377. The van der Waals surface area contributed by atoms with Crippen LogP contribution in [0.5, 0.6) is 0 Å². The molecule has 2 rings (SSSR count). The Labute approximate surface area is 118 Å². The molecule has 0 amide bonds. The maximum absolute atomic E-state index is 3.35. The maximum Gasteiger partial charge on any atom is 0.0398 e. The lowest BCUT2D eigenvalue weighted by Gasteiger charge is -2.46. The van der Waals surface area contributed by atoms with Gasteiger partial charge in [0.2, 0.25) is 0 Å². The molecule has 1 aliphatic heterocycles. The molecule has 0 radical (unpaired) electrons. The van der Waals surface area contributed by atoms with E-state index in [-0.39, 0.29) is 0 Å². The van der Waals surface area contributed by atoms with Crippen LogP contribution in [0, 0.1) is 11.3 Å². The summed E-state index contributed by atoms with van der Waals surface area (Å²) in [6.07, 6.45) is 2.40. The van der Waals surface area contributed by atoms with Gasteiger partial charge in [-0.2, -0.15) is 0 Å². The predicted molar refractivity (Wildman–Crippen MR) is 83.8 cm³/mol. The Bertz CT molecular complexity index is 411. The Hall–Kier alpha value is -1.02. The highest BCUT2D eigenvalue weighted by Crippen LogP contribution is 2.37. The quantitative estimate of drug-likeness (QED) is 0.893. The highest BCUT2D eigenvalue weighted by atomic mass is 15.1. The standard InChI is InChI=1S/C17H28N2/c1-5-14-8-6-7-9-16(14)19-11-10-15(12-18-4)17(2,3)13-19/h6-9,15,18H,5,10-13H2,1-4H3. The zero-order chi connectivity index (χ0) is 13.9. The van der Waals surface area contributed by atoms with Gasteiger partial charge in [-0.25, -0.2) is 0 Å². The fraction of sp³-hybridized carbons (Fsp3) is 0.647. The molecular formula is C17H28N2. The number of nitrogens with zero attached hydrogens (tertiary/aromatic N) is 1. The zero-order valence-electron chi connectivity index (χ0n) is 12.9. The van der Waals surface area contributed by atoms with Crippen molar-refractivity contribution in [3.63, 3.8) is 0 Å². The van der Waals surface area contributed by atoms with Gasteiger partial charge in [0.05, 0.1) is 0 Å². The molecule has 1 heterocycles. The van der Waals surface area contributed by atoms with E-state index < -0.39 is 0 Å². The van der Waals surface area contributed by atoms with Crippen molar-refractivity contribution in [2.45, 2.75) is 33.6 Å². The van der Waals surface area contributed by atoms with Gasteiger partial charge in [0.1, 0.15) is 0 Å². The summed E-state index contributed by atoms with van der Waals surface area (Å²) in [5.41, 5.74) is 3.30. The lowest BCUT2D eigenvalue weighted by atomic mass is 9.73. The van der Waals surface area contributed by atoms with Crippen LogP contribution in [0.4, 0.5) is 5.69 Å². The number of hydrogen-bond acceptors (Lipinski definition) is 2. The first-order chi connectivity index (χ1) is 9.08. The summed E-state index contributed by atoms with van der Waals surface area (Å²) in [7, 11) is 2.06. The fourth-order valence-electron chi connectivity index (χ4n) is 3.35. The van der Waals surface area contributed by atoms with E-state index >= 15 is 0 Å². The highest BCUT2D eigenvalue weighted by molar-refractivity contribution is 5.54. The fourth-order valence-corrected chi connectivity index (χ4v) is 3.35. The predicted octanol–water partition coefficient (Wildman–Crippen LogP) is 3.32. The van der Waals surface area contributed by atoms with Gasteiger partial charge in [-0.15, -0.1) is 0 Å². The van der Waals surface area contributed by atoms with Crippen molar-refractivity contribution < 1.29 is 0 Å². The van der Waals surface area contributed by atoms with Gasteiger partial charge in [-0.1, -0.05) is 39.0 Å². The van der Waals surface area contributed by atoms with Crippen molar-refractivity contribution in [3.05, 3.63) is 29.8 Å². The van der Waals surface area contributed by atoms with Crippen molar-refractivity contribution in [3.8, 4) is 0 Å². The van der Waals surface area contributed by atoms with Crippen LogP contribution < -0.4 is 10.2 Å². The number of hydrogen-bond donors (Lipinski definition) is 1. The molecule has 1 fully saturated rings. The topological polar surface area (TPSA) is 15.3 Å². The van der Waals surface area contributed by atoms with E-state index in [2.05, 4.69) is 62.3 Å². The minimum Gasteiger partial charge on any atom is -0.371 e. The molecule has 0 spiro atoms. The van der Waals surface area contributed by atoms with Crippen LogP contribution in [0.1, 0.15) is 32.8 Å². The SMILES string of the molecule is CCc1ccccc1N1CCC(CNC)C(C)(C)C1. The first kappa shape index (κ1) is 14.4. The van der Waals surface area contributed by atoms with E-state index in [0.717, 1.165) is 25.4 Å². The Morgan fingerprint density at radius 1 is 1.32 bits per heavy atom. The van der Waals surface area contributed by atoms with Crippen LogP contribution in [0.15, 0.2) is 24.3 Å². The van der Waals surface area contributed by atoms with E-state index in [9.17, 15) is 0 Å². The zero-order valence-corrected chi connectivity index (χ0v) is 12.9. The summed E-state index contributed by atoms with van der Waals surface area (Å²) in [5.74, 6) is 0.780. The van der Waals surface area contributed by atoms with Gasteiger partial charge in [0.15, 0.2) is 0 Å². The average molecular weight is 260 g/mol. The molecule has 1 unspecified atom stereocenters. The molecule has 1 atom stereocenters. The number of anilines is 1. The summed E-state index contributed by atoms with van der Waals surface area (Å²) in [6, 6.07) is 8.87. The monoisotopic (exact) mass is 260 g/mol. The van der Waals surface area contributed by atoms with Gasteiger partial charge in [0, 0.05) is 18.8 Å². The molecular weight excluding hydrogens is 232 g/mol. The number of rotatable bonds is 4. The van der Waals surface area contributed by atoms with E-state index in [1.54, 1.807) is 0 Å². The van der Waals surface area contributed by atoms with Gasteiger partial charge in [0.25, 0.3) is 0 Å². The van der Waals surface area contributed by atoms with E-state index in [0.29, 0.717) is 5.41 Å².